The quantitative estimate of drug-likeness (QED) is 0.798. The molecule has 3 aromatic rings. The van der Waals surface area contributed by atoms with Gasteiger partial charge < -0.3 is 10.1 Å². The van der Waals surface area contributed by atoms with Crippen molar-refractivity contribution in [3.05, 3.63) is 72.4 Å². The molecular formula is C19H14FN3O2. The van der Waals surface area contributed by atoms with Crippen molar-refractivity contribution in [2.45, 2.75) is 12.5 Å². The number of anilines is 1. The predicted octanol–water partition coefficient (Wildman–Crippen LogP) is 3.22. The molecule has 6 heteroatoms. The maximum atomic E-state index is 13.5. The number of halogens is 1. The zero-order valence-corrected chi connectivity index (χ0v) is 13.1. The van der Waals surface area contributed by atoms with E-state index in [0.717, 1.165) is 16.7 Å². The first-order valence-corrected chi connectivity index (χ1v) is 7.82. The fourth-order valence-electron chi connectivity index (χ4n) is 2.87. The molecule has 124 valence electrons. The molecule has 1 atom stereocenters. The Balaban J connectivity index is 1.58. The van der Waals surface area contributed by atoms with Crippen molar-refractivity contribution in [3.8, 4) is 17.0 Å². The summed E-state index contributed by atoms with van der Waals surface area (Å²) in [7, 11) is 0. The number of benzene rings is 1. The summed E-state index contributed by atoms with van der Waals surface area (Å²) in [4.78, 5) is 20.6. The second-order valence-corrected chi connectivity index (χ2v) is 5.69. The van der Waals surface area contributed by atoms with Crippen LogP contribution in [0.25, 0.3) is 11.1 Å². The number of nitrogens with one attached hydrogen (secondary N) is 1. The van der Waals surface area contributed by atoms with Crippen molar-refractivity contribution >= 4 is 11.6 Å². The maximum absolute atomic E-state index is 13.5. The average molecular weight is 335 g/mol. The Labute approximate surface area is 143 Å². The molecule has 1 N–H and O–H groups in total. The van der Waals surface area contributed by atoms with Gasteiger partial charge in [-0.1, -0.05) is 12.1 Å². The molecule has 0 radical (unpaired) electrons. The fraction of sp³-hybridized carbons (Fsp3) is 0.105. The van der Waals surface area contributed by atoms with Gasteiger partial charge in [-0.15, -0.1) is 0 Å². The highest BCUT2D eigenvalue weighted by Crippen LogP contribution is 2.35. The maximum Gasteiger partial charge on any atom is 0.265 e. The topological polar surface area (TPSA) is 64.1 Å². The van der Waals surface area contributed by atoms with Gasteiger partial charge in [0.25, 0.3) is 5.91 Å². The first-order valence-electron chi connectivity index (χ1n) is 7.82. The lowest BCUT2D eigenvalue weighted by Crippen LogP contribution is -2.31. The van der Waals surface area contributed by atoms with Gasteiger partial charge in [-0.2, -0.15) is 0 Å². The van der Waals surface area contributed by atoms with Gasteiger partial charge in [0.2, 0.25) is 5.88 Å². The Morgan fingerprint density at radius 2 is 2.12 bits per heavy atom. The van der Waals surface area contributed by atoms with E-state index in [0.29, 0.717) is 18.0 Å². The van der Waals surface area contributed by atoms with Crippen molar-refractivity contribution in [2.24, 2.45) is 0 Å². The Bertz CT molecular complexity index is 931. The number of fused-ring (bicyclic) bond motifs is 1. The standard InChI is InChI=1S/C19H14FN3O2/c20-13-4-1-3-12(9-13)15-6-8-22-19-16(15)10-17(25-19)18(24)23-14-5-2-7-21-11-14/h1-9,11,17H,10H2,(H,23,24). The normalized spacial score (nSPS) is 15.3. The molecule has 3 heterocycles. The van der Waals surface area contributed by atoms with E-state index in [2.05, 4.69) is 15.3 Å². The van der Waals surface area contributed by atoms with Gasteiger partial charge >= 0.3 is 0 Å². The van der Waals surface area contributed by atoms with Crippen LogP contribution in [0.3, 0.4) is 0 Å². The van der Waals surface area contributed by atoms with E-state index < -0.39 is 6.10 Å². The molecule has 0 fully saturated rings. The minimum Gasteiger partial charge on any atom is -0.464 e. The Hall–Kier alpha value is -3.28. The zero-order valence-electron chi connectivity index (χ0n) is 13.1. The van der Waals surface area contributed by atoms with Crippen molar-refractivity contribution in [3.63, 3.8) is 0 Å². The summed E-state index contributed by atoms with van der Waals surface area (Å²) in [6, 6.07) is 11.6. The minimum atomic E-state index is -0.683. The van der Waals surface area contributed by atoms with E-state index in [1.165, 1.54) is 12.1 Å². The fourth-order valence-corrected chi connectivity index (χ4v) is 2.87. The van der Waals surface area contributed by atoms with Crippen LogP contribution in [0.2, 0.25) is 0 Å². The van der Waals surface area contributed by atoms with Crippen LogP contribution < -0.4 is 10.1 Å². The number of rotatable bonds is 3. The van der Waals surface area contributed by atoms with Gasteiger partial charge in [0.05, 0.1) is 11.9 Å². The van der Waals surface area contributed by atoms with Gasteiger partial charge in [0, 0.05) is 24.4 Å². The summed E-state index contributed by atoms with van der Waals surface area (Å²) < 4.78 is 19.2. The van der Waals surface area contributed by atoms with Crippen LogP contribution in [0, 0.1) is 5.82 Å². The van der Waals surface area contributed by atoms with E-state index >= 15 is 0 Å². The molecule has 0 spiro atoms. The third kappa shape index (κ3) is 3.06. The van der Waals surface area contributed by atoms with Gasteiger partial charge in [0.1, 0.15) is 5.82 Å². The molecule has 0 aliphatic carbocycles. The lowest BCUT2D eigenvalue weighted by Gasteiger charge is -2.10. The molecule has 25 heavy (non-hydrogen) atoms. The molecule has 1 amide bonds. The van der Waals surface area contributed by atoms with Crippen LogP contribution in [-0.4, -0.2) is 22.0 Å². The lowest BCUT2D eigenvalue weighted by atomic mass is 9.98. The predicted molar refractivity (Wildman–Crippen MR) is 90.6 cm³/mol. The number of aromatic nitrogens is 2. The van der Waals surface area contributed by atoms with E-state index in [4.69, 9.17) is 4.74 Å². The number of hydrogen-bond donors (Lipinski definition) is 1. The number of pyridine rings is 2. The number of carbonyl (C=O) groups excluding carboxylic acids is 1. The second-order valence-electron chi connectivity index (χ2n) is 5.69. The smallest absolute Gasteiger partial charge is 0.265 e. The number of hydrogen-bond acceptors (Lipinski definition) is 4. The lowest BCUT2D eigenvalue weighted by molar-refractivity contribution is -0.122. The van der Waals surface area contributed by atoms with Gasteiger partial charge in [-0.3, -0.25) is 9.78 Å². The van der Waals surface area contributed by atoms with E-state index in [1.807, 2.05) is 6.07 Å². The molecule has 1 unspecified atom stereocenters. The van der Waals surface area contributed by atoms with Crippen LogP contribution in [-0.2, 0) is 11.2 Å². The third-order valence-corrected chi connectivity index (χ3v) is 4.02. The number of carbonyl (C=O) groups is 1. The third-order valence-electron chi connectivity index (χ3n) is 4.02. The molecule has 5 nitrogen and oxygen atoms in total. The number of ether oxygens (including phenoxy) is 1. The Morgan fingerprint density at radius 3 is 2.92 bits per heavy atom. The highest BCUT2D eigenvalue weighted by atomic mass is 19.1. The minimum absolute atomic E-state index is 0.267. The SMILES string of the molecule is O=C(Nc1cccnc1)C1Cc2c(-c3cccc(F)c3)ccnc2O1. The molecule has 0 bridgehead atoms. The van der Waals surface area contributed by atoms with Gasteiger partial charge in [-0.05, 0) is 41.5 Å². The first-order chi connectivity index (χ1) is 12.2. The van der Waals surface area contributed by atoms with Crippen LogP contribution in [0.1, 0.15) is 5.56 Å². The Kier molecular flexibility index (Phi) is 3.85. The van der Waals surface area contributed by atoms with Gasteiger partial charge in [-0.25, -0.2) is 9.37 Å². The first kappa shape index (κ1) is 15.3. The van der Waals surface area contributed by atoms with Gasteiger partial charge in [0.15, 0.2) is 6.10 Å². The van der Waals surface area contributed by atoms with Crippen LogP contribution in [0.5, 0.6) is 5.88 Å². The number of nitrogens with zero attached hydrogens (tertiary/aromatic N) is 2. The summed E-state index contributed by atoms with van der Waals surface area (Å²) >= 11 is 0. The van der Waals surface area contributed by atoms with Crippen molar-refractivity contribution in [2.75, 3.05) is 5.32 Å². The van der Waals surface area contributed by atoms with E-state index in [-0.39, 0.29) is 11.7 Å². The largest absolute Gasteiger partial charge is 0.464 e. The van der Waals surface area contributed by atoms with E-state index in [1.54, 1.807) is 42.9 Å². The molecule has 2 aromatic heterocycles. The Morgan fingerprint density at radius 1 is 1.20 bits per heavy atom. The van der Waals surface area contributed by atoms with Crippen LogP contribution in [0.4, 0.5) is 10.1 Å². The molecule has 1 aromatic carbocycles. The zero-order chi connectivity index (χ0) is 17.2. The molecule has 1 aliphatic heterocycles. The highest BCUT2D eigenvalue weighted by Gasteiger charge is 2.32. The summed E-state index contributed by atoms with van der Waals surface area (Å²) in [6.07, 6.45) is 4.49. The summed E-state index contributed by atoms with van der Waals surface area (Å²) in [6.45, 7) is 0. The monoisotopic (exact) mass is 335 g/mol. The van der Waals surface area contributed by atoms with Crippen LogP contribution in [0.15, 0.2) is 61.1 Å². The molecule has 0 saturated carbocycles. The molecular weight excluding hydrogens is 321 g/mol. The highest BCUT2D eigenvalue weighted by molar-refractivity contribution is 5.95. The summed E-state index contributed by atoms with van der Waals surface area (Å²) in [5.74, 6) is -0.169. The summed E-state index contributed by atoms with van der Waals surface area (Å²) in [5, 5.41) is 2.77. The average Bonchev–Trinajstić information content (AvgIpc) is 3.07. The van der Waals surface area contributed by atoms with Crippen molar-refractivity contribution < 1.29 is 13.9 Å². The molecule has 0 saturated heterocycles. The molecule has 1 aliphatic rings. The molecule has 4 rings (SSSR count). The van der Waals surface area contributed by atoms with E-state index in [9.17, 15) is 9.18 Å². The summed E-state index contributed by atoms with van der Waals surface area (Å²) in [5.41, 5.74) is 2.96. The van der Waals surface area contributed by atoms with Crippen LogP contribution >= 0.6 is 0 Å². The number of amides is 1. The second kappa shape index (κ2) is 6.32. The van der Waals surface area contributed by atoms with Crippen molar-refractivity contribution in [1.82, 2.24) is 9.97 Å². The van der Waals surface area contributed by atoms with Crippen molar-refractivity contribution in [1.29, 1.82) is 0 Å².